The van der Waals surface area contributed by atoms with Crippen molar-refractivity contribution in [1.29, 1.82) is 0 Å². The predicted octanol–water partition coefficient (Wildman–Crippen LogP) is 6.71. The third-order valence-corrected chi connectivity index (χ3v) is 9.54. The van der Waals surface area contributed by atoms with Crippen LogP contribution in [0.1, 0.15) is 78.1 Å². The molecule has 0 rings (SSSR count). The molecule has 0 aromatic heterocycles. The Morgan fingerprint density at radius 1 is 0.767 bits per heavy atom. The van der Waals surface area contributed by atoms with Crippen LogP contribution in [-0.4, -0.2) is 56.3 Å². The lowest BCUT2D eigenvalue weighted by Gasteiger charge is -2.27. The summed E-state index contributed by atoms with van der Waals surface area (Å²) in [6, 6.07) is 2.62. The first-order valence-corrected chi connectivity index (χ1v) is 17.8. The van der Waals surface area contributed by atoms with Crippen LogP contribution >= 0.6 is 0 Å². The van der Waals surface area contributed by atoms with Crippen LogP contribution in [0.4, 0.5) is 0 Å². The first-order chi connectivity index (χ1) is 14.6. The Morgan fingerprint density at radius 2 is 1.27 bits per heavy atom. The molecular weight excluding hydrogens is 402 g/mol. The molecule has 30 heavy (non-hydrogen) atoms. The molecule has 0 radical (unpaired) electrons. The molecular formula is C25H53NO2Si2. The molecule has 0 saturated carbocycles. The second-order valence-corrected chi connectivity index (χ2v) is 13.8. The molecule has 0 bridgehead atoms. The van der Waals surface area contributed by atoms with Gasteiger partial charge in [0.2, 0.25) is 0 Å². The molecule has 0 N–H and O–H groups in total. The molecule has 0 fully saturated rings. The summed E-state index contributed by atoms with van der Waals surface area (Å²) in [4.78, 5) is 2.51. The monoisotopic (exact) mass is 455 g/mol. The van der Waals surface area contributed by atoms with Crippen LogP contribution in [0.3, 0.4) is 0 Å². The predicted molar refractivity (Wildman–Crippen MR) is 141 cm³/mol. The van der Waals surface area contributed by atoms with Gasteiger partial charge in [0.1, 0.15) is 0 Å². The fourth-order valence-electron chi connectivity index (χ4n) is 3.42. The fraction of sp³-hybridized carbons (Fsp3) is 0.840. The molecule has 0 saturated heterocycles. The molecule has 0 amide bonds. The molecule has 0 heterocycles. The molecule has 0 atom stereocenters. The van der Waals surface area contributed by atoms with Crippen LogP contribution in [0.5, 0.6) is 0 Å². The third kappa shape index (κ3) is 19.7. The zero-order valence-electron chi connectivity index (χ0n) is 21.1. The van der Waals surface area contributed by atoms with Crippen LogP contribution in [0.25, 0.3) is 0 Å². The number of nitrogens with zero attached hydrogens (tertiary/aromatic N) is 1. The van der Waals surface area contributed by atoms with Crippen molar-refractivity contribution in [3.05, 3.63) is 24.3 Å². The molecule has 0 aliphatic heterocycles. The van der Waals surface area contributed by atoms with E-state index in [0.717, 1.165) is 32.1 Å². The number of hydrogen-bond acceptors (Lipinski definition) is 3. The van der Waals surface area contributed by atoms with Crippen LogP contribution in [-0.2, 0) is 8.85 Å². The van der Waals surface area contributed by atoms with Crippen molar-refractivity contribution < 1.29 is 8.85 Å². The van der Waals surface area contributed by atoms with E-state index in [2.05, 4.69) is 63.2 Å². The maximum atomic E-state index is 6.37. The Bertz CT molecular complexity index is 394. The zero-order valence-corrected chi connectivity index (χ0v) is 23.5. The number of hydrogen-bond donors (Lipinski definition) is 0. The Hall–Kier alpha value is -0.206. The summed E-state index contributed by atoms with van der Waals surface area (Å²) in [7, 11) is 0.456. The molecule has 0 aliphatic rings. The van der Waals surface area contributed by atoms with E-state index in [1.165, 1.54) is 70.5 Å². The second-order valence-electron chi connectivity index (χ2n) is 8.75. The molecule has 3 nitrogen and oxygen atoms in total. The van der Waals surface area contributed by atoms with Crippen molar-refractivity contribution >= 4 is 18.1 Å². The minimum atomic E-state index is -2.08. The maximum absolute atomic E-state index is 6.37. The summed E-state index contributed by atoms with van der Waals surface area (Å²) in [6.45, 7) is 13.2. The molecule has 178 valence electrons. The van der Waals surface area contributed by atoms with Crippen molar-refractivity contribution in [2.45, 2.75) is 103 Å². The van der Waals surface area contributed by atoms with Gasteiger partial charge in [-0.05, 0) is 71.3 Å². The average Bonchev–Trinajstić information content (AvgIpc) is 2.74. The summed E-state index contributed by atoms with van der Waals surface area (Å²) in [6.07, 6.45) is 21.1. The van der Waals surface area contributed by atoms with Gasteiger partial charge in [0.05, 0.1) is 0 Å². The molecule has 5 heteroatoms. The van der Waals surface area contributed by atoms with Gasteiger partial charge in [-0.1, -0.05) is 76.4 Å². The molecule has 0 aliphatic carbocycles. The minimum Gasteiger partial charge on any atom is -0.394 e. The Kier molecular flexibility index (Phi) is 21.9. The van der Waals surface area contributed by atoms with Crippen LogP contribution in [0.15, 0.2) is 24.3 Å². The van der Waals surface area contributed by atoms with Crippen molar-refractivity contribution in [3.8, 4) is 0 Å². The van der Waals surface area contributed by atoms with E-state index in [1.54, 1.807) is 0 Å². The normalized spacial score (nSPS) is 13.1. The molecule has 0 aromatic carbocycles. The summed E-state index contributed by atoms with van der Waals surface area (Å²) < 4.78 is 12.7. The first kappa shape index (κ1) is 29.8. The summed E-state index contributed by atoms with van der Waals surface area (Å²) in [5.41, 5.74) is 0. The van der Waals surface area contributed by atoms with Crippen molar-refractivity contribution in [1.82, 2.24) is 4.90 Å². The SMILES string of the molecule is CCC/C=C\CCO[Si](C)(CCCCN(C)CCCC[SiH2]C)OCC/C=C\CCC. The lowest BCUT2D eigenvalue weighted by Crippen LogP contribution is -2.39. The fourth-order valence-corrected chi connectivity index (χ4v) is 6.64. The van der Waals surface area contributed by atoms with E-state index in [4.69, 9.17) is 8.85 Å². The van der Waals surface area contributed by atoms with Gasteiger partial charge in [-0.3, -0.25) is 0 Å². The summed E-state index contributed by atoms with van der Waals surface area (Å²) >= 11 is 0. The van der Waals surface area contributed by atoms with E-state index in [-0.39, 0.29) is 9.52 Å². The zero-order chi connectivity index (χ0) is 22.3. The quantitative estimate of drug-likeness (QED) is 0.103. The van der Waals surface area contributed by atoms with Crippen molar-refractivity contribution in [2.24, 2.45) is 0 Å². The van der Waals surface area contributed by atoms with Gasteiger partial charge in [0.15, 0.2) is 0 Å². The van der Waals surface area contributed by atoms with Gasteiger partial charge in [0.25, 0.3) is 0 Å². The standard InChI is InChI=1S/C25H53NO2Si2/c1-6-8-10-12-16-22-27-30(5,28-23-17-13-11-9-7-2)25-19-15-21-26(3)20-14-18-24-29-4/h10-13H,6-9,14-25,29H2,1-5H3/b12-10-,13-11-. The lowest BCUT2D eigenvalue weighted by molar-refractivity contribution is 0.176. The van der Waals surface area contributed by atoms with E-state index >= 15 is 0 Å². The number of allylic oxidation sites excluding steroid dienone is 2. The highest BCUT2D eigenvalue weighted by Crippen LogP contribution is 2.19. The molecule has 0 unspecified atom stereocenters. The van der Waals surface area contributed by atoms with Crippen LogP contribution in [0, 0.1) is 0 Å². The highest BCUT2D eigenvalue weighted by Gasteiger charge is 2.30. The summed E-state index contributed by atoms with van der Waals surface area (Å²) in [5.74, 6) is 0. The molecule has 0 spiro atoms. The highest BCUT2D eigenvalue weighted by molar-refractivity contribution is 6.66. The maximum Gasteiger partial charge on any atom is 0.334 e. The van der Waals surface area contributed by atoms with E-state index in [1.807, 2.05) is 0 Å². The van der Waals surface area contributed by atoms with Crippen LogP contribution in [0.2, 0.25) is 25.2 Å². The Labute approximate surface area is 192 Å². The minimum absolute atomic E-state index is 0.256. The second kappa shape index (κ2) is 22.0. The van der Waals surface area contributed by atoms with Gasteiger partial charge in [0, 0.05) is 22.7 Å². The van der Waals surface area contributed by atoms with E-state index < -0.39 is 8.56 Å². The average molecular weight is 456 g/mol. The Morgan fingerprint density at radius 3 is 1.77 bits per heavy atom. The topological polar surface area (TPSA) is 21.7 Å². The smallest absolute Gasteiger partial charge is 0.334 e. The van der Waals surface area contributed by atoms with Crippen LogP contribution < -0.4 is 0 Å². The van der Waals surface area contributed by atoms with Gasteiger partial charge in [-0.2, -0.15) is 0 Å². The van der Waals surface area contributed by atoms with Gasteiger partial charge < -0.3 is 13.8 Å². The highest BCUT2D eigenvalue weighted by atomic mass is 28.4. The van der Waals surface area contributed by atoms with Crippen molar-refractivity contribution in [2.75, 3.05) is 33.4 Å². The number of rotatable bonds is 22. The summed E-state index contributed by atoms with van der Waals surface area (Å²) in [5, 5.41) is 0. The van der Waals surface area contributed by atoms with Crippen molar-refractivity contribution in [3.63, 3.8) is 0 Å². The van der Waals surface area contributed by atoms with Gasteiger partial charge >= 0.3 is 8.56 Å². The molecule has 0 aromatic rings. The number of unbranched alkanes of at least 4 members (excludes halogenated alkanes) is 4. The van der Waals surface area contributed by atoms with E-state index in [9.17, 15) is 0 Å². The van der Waals surface area contributed by atoms with Gasteiger partial charge in [-0.15, -0.1) is 0 Å². The lowest BCUT2D eigenvalue weighted by atomic mass is 10.3. The van der Waals surface area contributed by atoms with E-state index in [0.29, 0.717) is 0 Å². The first-order valence-electron chi connectivity index (χ1n) is 12.8. The van der Waals surface area contributed by atoms with Gasteiger partial charge in [-0.25, -0.2) is 0 Å². The largest absolute Gasteiger partial charge is 0.394 e. The Balaban J connectivity index is 4.25. The third-order valence-electron chi connectivity index (χ3n) is 5.44.